The minimum absolute atomic E-state index is 0.141. The first kappa shape index (κ1) is 12.7. The van der Waals surface area contributed by atoms with Gasteiger partial charge < -0.3 is 4.90 Å². The molecule has 0 radical (unpaired) electrons. The first-order valence-corrected chi connectivity index (χ1v) is 8.20. The fourth-order valence-electron chi connectivity index (χ4n) is 2.28. The van der Waals surface area contributed by atoms with Crippen molar-refractivity contribution >= 4 is 29.0 Å². The van der Waals surface area contributed by atoms with E-state index in [0.29, 0.717) is 0 Å². The molecule has 1 aliphatic heterocycles. The first-order valence-electron chi connectivity index (χ1n) is 6.16. The van der Waals surface area contributed by atoms with Gasteiger partial charge in [-0.15, -0.1) is 11.3 Å². The molecule has 0 bridgehead atoms. The van der Waals surface area contributed by atoms with Gasteiger partial charge in [0.15, 0.2) is 0 Å². The largest absolute Gasteiger partial charge is 0.329 e. The molecule has 1 amide bonds. The van der Waals surface area contributed by atoms with Crippen LogP contribution in [0.15, 0.2) is 29.9 Å². The van der Waals surface area contributed by atoms with Crippen LogP contribution in [0.1, 0.15) is 21.3 Å². The average molecular weight is 293 g/mol. The maximum Gasteiger partial charge on any atom is 0.264 e. The van der Waals surface area contributed by atoms with Crippen molar-refractivity contribution in [3.8, 4) is 0 Å². The van der Waals surface area contributed by atoms with Crippen LogP contribution in [0.4, 0.5) is 0 Å². The highest BCUT2D eigenvalue weighted by Crippen LogP contribution is 2.31. The third-order valence-electron chi connectivity index (χ3n) is 3.23. The summed E-state index contributed by atoms with van der Waals surface area (Å²) in [6, 6.07) is 3.96. The number of aromatic nitrogens is 2. The second-order valence-electron chi connectivity index (χ2n) is 4.51. The minimum atomic E-state index is 0.141. The van der Waals surface area contributed by atoms with Crippen LogP contribution in [0.3, 0.4) is 0 Å². The van der Waals surface area contributed by atoms with Crippen molar-refractivity contribution in [1.29, 1.82) is 0 Å². The van der Waals surface area contributed by atoms with Gasteiger partial charge in [0.2, 0.25) is 0 Å². The molecule has 0 aliphatic carbocycles. The Morgan fingerprint density at radius 1 is 1.53 bits per heavy atom. The molecule has 2 aromatic heterocycles. The van der Waals surface area contributed by atoms with Crippen LogP contribution in [-0.4, -0.2) is 38.6 Å². The number of hydrogen-bond acceptors (Lipinski definition) is 4. The number of aryl methyl sites for hydroxylation is 1. The third-order valence-corrected chi connectivity index (χ3v) is 5.11. The van der Waals surface area contributed by atoms with Gasteiger partial charge in [-0.2, -0.15) is 16.9 Å². The number of carbonyl (C=O) groups is 1. The van der Waals surface area contributed by atoms with E-state index in [-0.39, 0.29) is 11.9 Å². The zero-order valence-electron chi connectivity index (χ0n) is 10.7. The van der Waals surface area contributed by atoms with Crippen LogP contribution < -0.4 is 0 Å². The highest BCUT2D eigenvalue weighted by atomic mass is 32.2. The van der Waals surface area contributed by atoms with E-state index in [1.807, 2.05) is 53.6 Å². The summed E-state index contributed by atoms with van der Waals surface area (Å²) in [5.74, 6) is 2.10. The predicted molar refractivity (Wildman–Crippen MR) is 78.6 cm³/mol. The third kappa shape index (κ3) is 2.55. The van der Waals surface area contributed by atoms with Crippen molar-refractivity contribution in [3.63, 3.8) is 0 Å². The number of amides is 1. The van der Waals surface area contributed by atoms with Crippen molar-refractivity contribution in [2.45, 2.75) is 6.04 Å². The summed E-state index contributed by atoms with van der Waals surface area (Å²) in [6.45, 7) is 0.807. The summed E-state index contributed by atoms with van der Waals surface area (Å²) in [5, 5.41) is 6.17. The molecule has 2 aromatic rings. The Kier molecular flexibility index (Phi) is 3.61. The zero-order chi connectivity index (χ0) is 13.2. The molecule has 1 atom stereocenters. The van der Waals surface area contributed by atoms with Crippen molar-refractivity contribution in [2.75, 3.05) is 18.1 Å². The fourth-order valence-corrected chi connectivity index (χ4v) is 4.04. The van der Waals surface area contributed by atoms with E-state index in [9.17, 15) is 4.79 Å². The highest BCUT2D eigenvalue weighted by Gasteiger charge is 2.30. The van der Waals surface area contributed by atoms with Crippen LogP contribution in [0.5, 0.6) is 0 Å². The lowest BCUT2D eigenvalue weighted by atomic mass is 10.1. The Labute approximate surface area is 120 Å². The SMILES string of the molecule is Cn1cc([C@H]2CSCCN2C(=O)c2cccs2)cn1. The molecule has 4 nitrogen and oxygen atoms in total. The standard InChI is InChI=1S/C13H15N3OS2/c1-15-8-10(7-14-15)11-9-18-6-4-16(11)13(17)12-3-2-5-19-12/h2-3,5,7-8,11H,4,6,9H2,1H3/t11-/m1/s1. The van der Waals surface area contributed by atoms with Crippen LogP contribution in [-0.2, 0) is 7.05 Å². The van der Waals surface area contributed by atoms with E-state index < -0.39 is 0 Å². The van der Waals surface area contributed by atoms with Gasteiger partial charge >= 0.3 is 0 Å². The summed E-state index contributed by atoms with van der Waals surface area (Å²) >= 11 is 3.41. The molecular weight excluding hydrogens is 278 g/mol. The molecule has 6 heteroatoms. The molecule has 1 saturated heterocycles. The average Bonchev–Trinajstić information content (AvgIpc) is 3.09. The Balaban J connectivity index is 1.87. The van der Waals surface area contributed by atoms with E-state index in [4.69, 9.17) is 0 Å². The quantitative estimate of drug-likeness (QED) is 0.853. The molecule has 1 aliphatic rings. The van der Waals surface area contributed by atoms with E-state index in [1.54, 1.807) is 4.68 Å². The van der Waals surface area contributed by atoms with Crippen molar-refractivity contribution in [2.24, 2.45) is 7.05 Å². The van der Waals surface area contributed by atoms with Gasteiger partial charge in [-0.05, 0) is 11.4 Å². The van der Waals surface area contributed by atoms with Gasteiger partial charge in [0, 0.05) is 36.9 Å². The normalized spacial score (nSPS) is 19.6. The molecule has 3 rings (SSSR count). The molecule has 1 fully saturated rings. The topological polar surface area (TPSA) is 38.1 Å². The second kappa shape index (κ2) is 5.38. The molecule has 0 saturated carbocycles. The lowest BCUT2D eigenvalue weighted by molar-refractivity contribution is 0.0706. The van der Waals surface area contributed by atoms with Crippen molar-refractivity contribution < 1.29 is 4.79 Å². The molecule has 3 heterocycles. The predicted octanol–water partition coefficient (Wildman–Crippen LogP) is 2.41. The van der Waals surface area contributed by atoms with Crippen LogP contribution >= 0.6 is 23.1 Å². The summed E-state index contributed by atoms with van der Waals surface area (Å²) in [5.41, 5.74) is 1.12. The molecular formula is C13H15N3OS2. The molecule has 100 valence electrons. The maximum atomic E-state index is 12.6. The van der Waals surface area contributed by atoms with Gasteiger partial charge in [-0.3, -0.25) is 9.48 Å². The summed E-state index contributed by atoms with van der Waals surface area (Å²) in [6.07, 6.45) is 3.87. The second-order valence-corrected chi connectivity index (χ2v) is 6.61. The summed E-state index contributed by atoms with van der Waals surface area (Å²) < 4.78 is 1.79. The number of nitrogens with zero attached hydrogens (tertiary/aromatic N) is 3. The minimum Gasteiger partial charge on any atom is -0.329 e. The number of thioether (sulfide) groups is 1. The number of hydrogen-bond donors (Lipinski definition) is 0. The number of thiophene rings is 1. The zero-order valence-corrected chi connectivity index (χ0v) is 12.3. The van der Waals surface area contributed by atoms with Crippen molar-refractivity contribution in [1.82, 2.24) is 14.7 Å². The highest BCUT2D eigenvalue weighted by molar-refractivity contribution is 7.99. The monoisotopic (exact) mass is 293 g/mol. The van der Waals surface area contributed by atoms with E-state index in [2.05, 4.69) is 5.10 Å². The number of rotatable bonds is 2. The van der Waals surface area contributed by atoms with Gasteiger partial charge in [-0.1, -0.05) is 6.07 Å². The van der Waals surface area contributed by atoms with E-state index in [1.165, 1.54) is 11.3 Å². The molecule has 19 heavy (non-hydrogen) atoms. The van der Waals surface area contributed by atoms with Crippen LogP contribution in [0.2, 0.25) is 0 Å². The van der Waals surface area contributed by atoms with Crippen LogP contribution in [0, 0.1) is 0 Å². The number of carbonyl (C=O) groups excluding carboxylic acids is 1. The lowest BCUT2D eigenvalue weighted by Crippen LogP contribution is -2.40. The Bertz CT molecular complexity index is 564. The van der Waals surface area contributed by atoms with Gasteiger partial charge in [0.25, 0.3) is 5.91 Å². The Hall–Kier alpha value is -1.27. The first-order chi connectivity index (χ1) is 9.25. The van der Waals surface area contributed by atoms with E-state index in [0.717, 1.165) is 28.5 Å². The fraction of sp³-hybridized carbons (Fsp3) is 0.385. The van der Waals surface area contributed by atoms with Gasteiger partial charge in [-0.25, -0.2) is 0 Å². The van der Waals surface area contributed by atoms with Crippen molar-refractivity contribution in [3.05, 3.63) is 40.3 Å². The smallest absolute Gasteiger partial charge is 0.264 e. The van der Waals surface area contributed by atoms with Gasteiger partial charge in [0.05, 0.1) is 17.1 Å². The molecule has 0 spiro atoms. The maximum absolute atomic E-state index is 12.6. The Morgan fingerprint density at radius 2 is 2.42 bits per heavy atom. The lowest BCUT2D eigenvalue weighted by Gasteiger charge is -2.34. The van der Waals surface area contributed by atoms with Crippen LogP contribution in [0.25, 0.3) is 0 Å². The Morgan fingerprint density at radius 3 is 3.11 bits per heavy atom. The summed E-state index contributed by atoms with van der Waals surface area (Å²) in [7, 11) is 1.91. The summed E-state index contributed by atoms with van der Waals surface area (Å²) in [4.78, 5) is 15.4. The molecule has 0 N–H and O–H groups in total. The molecule has 0 unspecified atom stereocenters. The van der Waals surface area contributed by atoms with Gasteiger partial charge in [0.1, 0.15) is 0 Å². The van der Waals surface area contributed by atoms with E-state index >= 15 is 0 Å². The molecule has 0 aromatic carbocycles.